The summed E-state index contributed by atoms with van der Waals surface area (Å²) in [6, 6.07) is 13.4. The Kier molecular flexibility index (Phi) is 5.21. The third kappa shape index (κ3) is 3.99. The highest BCUT2D eigenvalue weighted by molar-refractivity contribution is 5.82. The third-order valence-electron chi connectivity index (χ3n) is 3.27. The Morgan fingerprint density at radius 3 is 2.38 bits per heavy atom. The second-order valence-electron chi connectivity index (χ2n) is 4.68. The van der Waals surface area contributed by atoms with Crippen LogP contribution in [0.5, 0.6) is 11.5 Å². The lowest BCUT2D eigenvalue weighted by Gasteiger charge is -2.12. The molecule has 2 rings (SSSR count). The molecule has 0 atom stereocenters. The fourth-order valence-electron chi connectivity index (χ4n) is 1.96. The number of nitrogens with zero attached hydrogens (tertiary/aromatic N) is 1. The zero-order chi connectivity index (χ0) is 15.1. The van der Waals surface area contributed by atoms with Crippen LogP contribution >= 0.6 is 0 Å². The van der Waals surface area contributed by atoms with Gasteiger partial charge in [-0.3, -0.25) is 0 Å². The average Bonchev–Trinajstić information content (AvgIpc) is 2.49. The van der Waals surface area contributed by atoms with Gasteiger partial charge in [-0.1, -0.05) is 29.4 Å². The molecule has 0 spiro atoms. The number of para-hydroxylation sites is 1. The van der Waals surface area contributed by atoms with Gasteiger partial charge in [0.05, 0.1) is 6.21 Å². The minimum absolute atomic E-state index is 0.420. The summed E-state index contributed by atoms with van der Waals surface area (Å²) in [4.78, 5) is 0. The molecule has 110 valence electrons. The van der Waals surface area contributed by atoms with Gasteiger partial charge in [-0.2, -0.15) is 0 Å². The van der Waals surface area contributed by atoms with Crippen LogP contribution in [0.25, 0.3) is 0 Å². The van der Waals surface area contributed by atoms with Crippen molar-refractivity contribution in [1.29, 1.82) is 0 Å². The molecular weight excluding hydrogens is 266 g/mol. The number of hydrogen-bond acceptors (Lipinski definition) is 4. The molecule has 0 aromatic heterocycles. The smallest absolute Gasteiger partial charge is 0.128 e. The van der Waals surface area contributed by atoms with E-state index in [0.29, 0.717) is 19.0 Å². The second-order valence-corrected chi connectivity index (χ2v) is 4.68. The zero-order valence-corrected chi connectivity index (χ0v) is 12.2. The van der Waals surface area contributed by atoms with Crippen LogP contribution < -0.4 is 9.47 Å². The van der Waals surface area contributed by atoms with Crippen LogP contribution in [-0.2, 0) is 0 Å². The number of aryl methyl sites for hydroxylation is 1. The van der Waals surface area contributed by atoms with E-state index >= 15 is 0 Å². The van der Waals surface area contributed by atoms with Crippen LogP contribution in [0.4, 0.5) is 0 Å². The van der Waals surface area contributed by atoms with E-state index < -0.39 is 0 Å². The van der Waals surface area contributed by atoms with Gasteiger partial charge in [0, 0.05) is 5.56 Å². The lowest BCUT2D eigenvalue weighted by molar-refractivity contribution is 0.216. The number of hydrogen-bond donors (Lipinski definition) is 1. The van der Waals surface area contributed by atoms with Crippen molar-refractivity contribution in [1.82, 2.24) is 0 Å². The van der Waals surface area contributed by atoms with Crippen molar-refractivity contribution >= 4 is 6.21 Å². The number of ether oxygens (including phenoxy) is 2. The maximum Gasteiger partial charge on any atom is 0.128 e. The molecule has 1 N–H and O–H groups in total. The molecule has 0 saturated heterocycles. The minimum Gasteiger partial charge on any atom is -0.490 e. The SMILES string of the molecule is Cc1cccc(OCCOc2ccccc2C=NO)c1C. The molecule has 2 aromatic rings. The topological polar surface area (TPSA) is 51.0 Å². The number of benzene rings is 2. The standard InChI is InChI=1S/C17H19NO3/c1-13-6-5-9-16(14(13)2)20-10-11-21-17-8-4-3-7-15(17)12-18-19/h3-9,12,19H,10-11H2,1-2H3. The fraction of sp³-hybridized carbons (Fsp3) is 0.235. The van der Waals surface area contributed by atoms with E-state index in [1.807, 2.05) is 43.3 Å². The lowest BCUT2D eigenvalue weighted by Crippen LogP contribution is -2.10. The van der Waals surface area contributed by atoms with E-state index in [1.54, 1.807) is 0 Å². The van der Waals surface area contributed by atoms with Crippen molar-refractivity contribution in [3.05, 3.63) is 59.2 Å². The van der Waals surface area contributed by atoms with Crippen LogP contribution in [-0.4, -0.2) is 24.6 Å². The number of oxime groups is 1. The van der Waals surface area contributed by atoms with Gasteiger partial charge in [-0.25, -0.2) is 0 Å². The summed E-state index contributed by atoms with van der Waals surface area (Å²) in [6.07, 6.45) is 1.35. The summed E-state index contributed by atoms with van der Waals surface area (Å²) in [6.45, 7) is 4.97. The predicted molar refractivity (Wildman–Crippen MR) is 82.7 cm³/mol. The van der Waals surface area contributed by atoms with Crippen LogP contribution in [0.1, 0.15) is 16.7 Å². The van der Waals surface area contributed by atoms with E-state index in [1.165, 1.54) is 11.8 Å². The van der Waals surface area contributed by atoms with Crippen molar-refractivity contribution in [3.63, 3.8) is 0 Å². The zero-order valence-electron chi connectivity index (χ0n) is 12.2. The monoisotopic (exact) mass is 285 g/mol. The van der Waals surface area contributed by atoms with E-state index in [0.717, 1.165) is 16.9 Å². The summed E-state index contributed by atoms with van der Waals surface area (Å²) in [5.74, 6) is 1.55. The van der Waals surface area contributed by atoms with Gasteiger partial charge in [0.2, 0.25) is 0 Å². The highest BCUT2D eigenvalue weighted by atomic mass is 16.5. The van der Waals surface area contributed by atoms with Crippen LogP contribution in [0.3, 0.4) is 0 Å². The second kappa shape index (κ2) is 7.33. The van der Waals surface area contributed by atoms with E-state index in [4.69, 9.17) is 14.7 Å². The molecule has 0 bridgehead atoms. The van der Waals surface area contributed by atoms with Gasteiger partial charge < -0.3 is 14.7 Å². The highest BCUT2D eigenvalue weighted by Crippen LogP contribution is 2.20. The van der Waals surface area contributed by atoms with E-state index in [-0.39, 0.29) is 0 Å². The third-order valence-corrected chi connectivity index (χ3v) is 3.27. The van der Waals surface area contributed by atoms with Gasteiger partial charge in [-0.15, -0.1) is 0 Å². The maximum absolute atomic E-state index is 8.61. The Labute approximate surface area is 124 Å². The van der Waals surface area contributed by atoms with Crippen molar-refractivity contribution in [2.24, 2.45) is 5.16 Å². The summed E-state index contributed by atoms with van der Waals surface area (Å²) in [5, 5.41) is 11.6. The van der Waals surface area contributed by atoms with Gasteiger partial charge in [-0.05, 0) is 43.2 Å². The normalized spacial score (nSPS) is 10.8. The van der Waals surface area contributed by atoms with Gasteiger partial charge in [0.1, 0.15) is 24.7 Å². The summed E-state index contributed by atoms with van der Waals surface area (Å²) < 4.78 is 11.4. The highest BCUT2D eigenvalue weighted by Gasteiger charge is 2.03. The Balaban J connectivity index is 1.89. The molecule has 0 radical (unpaired) electrons. The first-order chi connectivity index (χ1) is 10.2. The van der Waals surface area contributed by atoms with Crippen molar-refractivity contribution < 1.29 is 14.7 Å². The molecule has 0 amide bonds. The minimum atomic E-state index is 0.420. The first kappa shape index (κ1) is 14.9. The van der Waals surface area contributed by atoms with Gasteiger partial charge >= 0.3 is 0 Å². The molecule has 0 fully saturated rings. The average molecular weight is 285 g/mol. The van der Waals surface area contributed by atoms with E-state index in [9.17, 15) is 0 Å². The molecule has 0 heterocycles. The van der Waals surface area contributed by atoms with Gasteiger partial charge in [0.25, 0.3) is 0 Å². The molecule has 0 saturated carbocycles. The largest absolute Gasteiger partial charge is 0.490 e. The molecule has 2 aromatic carbocycles. The van der Waals surface area contributed by atoms with Gasteiger partial charge in [0.15, 0.2) is 0 Å². The lowest BCUT2D eigenvalue weighted by atomic mass is 10.1. The van der Waals surface area contributed by atoms with Crippen LogP contribution in [0.15, 0.2) is 47.6 Å². The Morgan fingerprint density at radius 1 is 0.952 bits per heavy atom. The van der Waals surface area contributed by atoms with E-state index in [2.05, 4.69) is 18.1 Å². The molecule has 0 unspecified atom stereocenters. The van der Waals surface area contributed by atoms with Crippen LogP contribution in [0.2, 0.25) is 0 Å². The maximum atomic E-state index is 8.61. The predicted octanol–water partition coefficient (Wildman–Crippen LogP) is 3.57. The Hall–Kier alpha value is -2.49. The quantitative estimate of drug-likeness (QED) is 0.382. The molecule has 0 aliphatic rings. The molecule has 4 nitrogen and oxygen atoms in total. The molecular formula is C17H19NO3. The fourth-order valence-corrected chi connectivity index (χ4v) is 1.96. The Bertz CT molecular complexity index is 623. The first-order valence-corrected chi connectivity index (χ1v) is 6.80. The molecule has 21 heavy (non-hydrogen) atoms. The van der Waals surface area contributed by atoms with Crippen molar-refractivity contribution in [3.8, 4) is 11.5 Å². The number of rotatable bonds is 6. The summed E-state index contributed by atoms with van der Waals surface area (Å²) in [7, 11) is 0. The van der Waals surface area contributed by atoms with Crippen molar-refractivity contribution in [2.75, 3.05) is 13.2 Å². The Morgan fingerprint density at radius 2 is 1.62 bits per heavy atom. The first-order valence-electron chi connectivity index (χ1n) is 6.80. The van der Waals surface area contributed by atoms with Crippen molar-refractivity contribution in [2.45, 2.75) is 13.8 Å². The molecule has 0 aliphatic carbocycles. The summed E-state index contributed by atoms with van der Waals surface area (Å²) >= 11 is 0. The molecule has 0 aliphatic heterocycles. The summed E-state index contributed by atoms with van der Waals surface area (Å²) in [5.41, 5.74) is 3.08. The van der Waals surface area contributed by atoms with Crippen LogP contribution in [0, 0.1) is 13.8 Å². The molecule has 4 heteroatoms.